The summed E-state index contributed by atoms with van der Waals surface area (Å²) >= 11 is 0. The van der Waals surface area contributed by atoms with Crippen molar-refractivity contribution in [2.75, 3.05) is 46.6 Å². The van der Waals surface area contributed by atoms with Gasteiger partial charge in [-0.2, -0.15) is 0 Å². The first kappa shape index (κ1) is 26.2. The number of amidine groups is 1. The number of hydrogen-bond acceptors (Lipinski definition) is 7. The summed E-state index contributed by atoms with van der Waals surface area (Å²) in [6, 6.07) is 14.6. The molecule has 2 heterocycles. The SMILES string of the molecule is COC(=O)C[C@@H]1C[C@@H](COc2ccc(-c3ccc(C(=N)N)cc3)cc2)N(CC(=O)N2CCOCC2)C1=O. The van der Waals surface area contributed by atoms with Crippen molar-refractivity contribution in [3.8, 4) is 16.9 Å². The van der Waals surface area contributed by atoms with Gasteiger partial charge in [-0.15, -0.1) is 0 Å². The Morgan fingerprint density at radius 1 is 1.05 bits per heavy atom. The summed E-state index contributed by atoms with van der Waals surface area (Å²) in [7, 11) is 1.30. The van der Waals surface area contributed by atoms with Crippen LogP contribution < -0.4 is 10.5 Å². The molecule has 0 radical (unpaired) electrons. The molecule has 2 fully saturated rings. The van der Waals surface area contributed by atoms with Crippen molar-refractivity contribution < 1.29 is 28.6 Å². The quantitative estimate of drug-likeness (QED) is 0.299. The Kier molecular flexibility index (Phi) is 8.39. The normalized spacial score (nSPS) is 19.5. The predicted octanol–water partition coefficient (Wildman–Crippen LogP) is 1.66. The van der Waals surface area contributed by atoms with E-state index < -0.39 is 11.9 Å². The van der Waals surface area contributed by atoms with Gasteiger partial charge in [0.1, 0.15) is 24.7 Å². The second kappa shape index (κ2) is 11.9. The highest BCUT2D eigenvalue weighted by Crippen LogP contribution is 2.29. The number of esters is 1. The van der Waals surface area contributed by atoms with Crippen LogP contribution in [0.3, 0.4) is 0 Å². The molecule has 2 aliphatic heterocycles. The fourth-order valence-corrected chi connectivity index (χ4v) is 4.63. The standard InChI is InChI=1S/C27H32N4O6/c1-35-25(33)15-21-14-22(31(27(21)34)16-24(32)30-10-12-36-13-11-30)17-37-23-8-6-19(7-9-23)18-2-4-20(5-3-18)26(28)29/h2-9,21-22H,10-17H2,1H3,(H3,28,29)/t21-,22-/m0/s1. The Balaban J connectivity index is 1.41. The maximum atomic E-state index is 13.1. The molecule has 0 spiro atoms. The van der Waals surface area contributed by atoms with E-state index in [-0.39, 0.29) is 43.3 Å². The zero-order valence-corrected chi connectivity index (χ0v) is 20.9. The summed E-state index contributed by atoms with van der Waals surface area (Å²) in [6.45, 7) is 2.10. The average Bonchev–Trinajstić information content (AvgIpc) is 3.21. The van der Waals surface area contributed by atoms with Gasteiger partial charge >= 0.3 is 5.97 Å². The second-order valence-corrected chi connectivity index (χ2v) is 9.15. The second-order valence-electron chi connectivity index (χ2n) is 9.15. The molecule has 0 bridgehead atoms. The van der Waals surface area contributed by atoms with Crippen LogP contribution in [0.2, 0.25) is 0 Å². The molecule has 2 aromatic carbocycles. The van der Waals surface area contributed by atoms with Crippen LogP contribution >= 0.6 is 0 Å². The minimum absolute atomic E-state index is 0.0226. The van der Waals surface area contributed by atoms with Crippen molar-refractivity contribution >= 4 is 23.6 Å². The molecule has 0 aromatic heterocycles. The Labute approximate surface area is 215 Å². The molecule has 0 aliphatic carbocycles. The lowest BCUT2D eigenvalue weighted by Gasteiger charge is -2.30. The number of nitrogens with one attached hydrogen (secondary N) is 1. The summed E-state index contributed by atoms with van der Waals surface area (Å²) < 4.78 is 16.1. The van der Waals surface area contributed by atoms with Crippen LogP contribution in [0.1, 0.15) is 18.4 Å². The van der Waals surface area contributed by atoms with E-state index in [9.17, 15) is 14.4 Å². The van der Waals surface area contributed by atoms with Gasteiger partial charge in [0, 0.05) is 18.7 Å². The minimum Gasteiger partial charge on any atom is -0.491 e. The van der Waals surface area contributed by atoms with Gasteiger partial charge in [0.2, 0.25) is 11.8 Å². The Hall–Kier alpha value is -3.92. The highest BCUT2D eigenvalue weighted by molar-refractivity contribution is 5.95. The summed E-state index contributed by atoms with van der Waals surface area (Å²) in [5.74, 6) is -0.710. The van der Waals surface area contributed by atoms with Crippen LogP contribution in [0.25, 0.3) is 11.1 Å². The lowest BCUT2D eigenvalue weighted by molar-refractivity contribution is -0.146. The molecule has 2 saturated heterocycles. The first-order valence-corrected chi connectivity index (χ1v) is 12.3. The summed E-state index contributed by atoms with van der Waals surface area (Å²) in [5.41, 5.74) is 8.15. The molecule has 3 N–H and O–H groups in total. The Morgan fingerprint density at radius 2 is 1.68 bits per heavy atom. The third-order valence-corrected chi connectivity index (χ3v) is 6.77. The predicted molar refractivity (Wildman–Crippen MR) is 136 cm³/mol. The number of likely N-dealkylation sites (tertiary alicyclic amines) is 1. The van der Waals surface area contributed by atoms with E-state index in [0.29, 0.717) is 44.0 Å². The zero-order valence-electron chi connectivity index (χ0n) is 20.9. The average molecular weight is 509 g/mol. The highest BCUT2D eigenvalue weighted by atomic mass is 16.5. The summed E-state index contributed by atoms with van der Waals surface area (Å²) in [6.07, 6.45) is 0.385. The van der Waals surface area contributed by atoms with Crippen molar-refractivity contribution in [3.63, 3.8) is 0 Å². The maximum absolute atomic E-state index is 13.1. The van der Waals surface area contributed by atoms with Gasteiger partial charge in [-0.25, -0.2) is 0 Å². The summed E-state index contributed by atoms with van der Waals surface area (Å²) in [5, 5.41) is 7.52. The van der Waals surface area contributed by atoms with E-state index in [2.05, 4.69) is 0 Å². The monoisotopic (exact) mass is 508 g/mol. The highest BCUT2D eigenvalue weighted by Gasteiger charge is 2.42. The first-order valence-electron chi connectivity index (χ1n) is 12.3. The van der Waals surface area contributed by atoms with E-state index in [1.807, 2.05) is 36.4 Å². The number of amides is 2. The number of ether oxygens (including phenoxy) is 3. The van der Waals surface area contributed by atoms with Crippen LogP contribution in [-0.2, 0) is 23.9 Å². The first-order chi connectivity index (χ1) is 17.9. The van der Waals surface area contributed by atoms with Gasteiger partial charge in [-0.05, 0) is 29.7 Å². The number of nitrogens with zero attached hydrogens (tertiary/aromatic N) is 2. The lowest BCUT2D eigenvalue weighted by atomic mass is 10.0. The number of hydrogen-bond donors (Lipinski definition) is 2. The largest absolute Gasteiger partial charge is 0.491 e. The van der Waals surface area contributed by atoms with E-state index in [1.165, 1.54) is 12.0 Å². The number of methoxy groups -OCH3 is 1. The van der Waals surface area contributed by atoms with Gasteiger partial charge in [0.05, 0.1) is 38.7 Å². The van der Waals surface area contributed by atoms with Crippen LogP contribution in [0.4, 0.5) is 0 Å². The third kappa shape index (κ3) is 6.45. The lowest BCUT2D eigenvalue weighted by Crippen LogP contribution is -2.48. The molecule has 2 aromatic rings. The fourth-order valence-electron chi connectivity index (χ4n) is 4.63. The number of carbonyl (C=O) groups is 3. The van der Waals surface area contributed by atoms with Crippen LogP contribution in [-0.4, -0.2) is 86.0 Å². The molecule has 196 valence electrons. The van der Waals surface area contributed by atoms with E-state index in [4.69, 9.17) is 25.4 Å². The van der Waals surface area contributed by atoms with Gasteiger partial charge < -0.3 is 29.7 Å². The molecule has 2 aliphatic rings. The van der Waals surface area contributed by atoms with Crippen molar-refractivity contribution in [1.82, 2.24) is 9.80 Å². The number of morpholine rings is 1. The molecule has 0 saturated carbocycles. The van der Waals surface area contributed by atoms with Gasteiger partial charge in [0.25, 0.3) is 0 Å². The van der Waals surface area contributed by atoms with Crippen LogP contribution in [0.15, 0.2) is 48.5 Å². The smallest absolute Gasteiger partial charge is 0.306 e. The number of carbonyl (C=O) groups excluding carboxylic acids is 3. The topological polar surface area (TPSA) is 135 Å². The Bertz CT molecular complexity index is 1130. The minimum atomic E-state index is -0.543. The summed E-state index contributed by atoms with van der Waals surface area (Å²) in [4.78, 5) is 41.1. The van der Waals surface area contributed by atoms with Gasteiger partial charge in [-0.3, -0.25) is 19.8 Å². The fraction of sp³-hybridized carbons (Fsp3) is 0.407. The molecule has 2 amide bonds. The number of rotatable bonds is 9. The molecule has 0 unspecified atom stereocenters. The van der Waals surface area contributed by atoms with Gasteiger partial charge in [0.15, 0.2) is 0 Å². The van der Waals surface area contributed by atoms with E-state index in [0.717, 1.165) is 11.1 Å². The van der Waals surface area contributed by atoms with Crippen molar-refractivity contribution in [1.29, 1.82) is 5.41 Å². The molecular formula is C27H32N4O6. The molecule has 10 nitrogen and oxygen atoms in total. The maximum Gasteiger partial charge on any atom is 0.306 e. The van der Waals surface area contributed by atoms with Crippen molar-refractivity contribution in [3.05, 3.63) is 54.1 Å². The van der Waals surface area contributed by atoms with E-state index >= 15 is 0 Å². The molecule has 37 heavy (non-hydrogen) atoms. The van der Waals surface area contributed by atoms with Gasteiger partial charge in [-0.1, -0.05) is 36.4 Å². The van der Waals surface area contributed by atoms with Crippen molar-refractivity contribution in [2.45, 2.75) is 18.9 Å². The van der Waals surface area contributed by atoms with Crippen LogP contribution in [0.5, 0.6) is 5.75 Å². The molecular weight excluding hydrogens is 476 g/mol. The van der Waals surface area contributed by atoms with E-state index in [1.54, 1.807) is 17.0 Å². The zero-order chi connectivity index (χ0) is 26.4. The van der Waals surface area contributed by atoms with Crippen molar-refractivity contribution in [2.24, 2.45) is 11.7 Å². The van der Waals surface area contributed by atoms with Crippen LogP contribution in [0, 0.1) is 11.3 Å². The molecule has 10 heteroatoms. The molecule has 2 atom stereocenters. The number of nitrogen functional groups attached to an aromatic ring is 1. The number of benzene rings is 2. The molecule has 4 rings (SSSR count). The number of nitrogens with two attached hydrogens (primary N) is 1. The third-order valence-electron chi connectivity index (χ3n) is 6.77. The Morgan fingerprint density at radius 3 is 2.27 bits per heavy atom.